The second kappa shape index (κ2) is 4.44. The van der Waals surface area contributed by atoms with E-state index in [4.69, 9.17) is 0 Å². The third-order valence-corrected chi connectivity index (χ3v) is 4.17. The first kappa shape index (κ1) is 10.1. The van der Waals surface area contributed by atoms with Crippen molar-refractivity contribution < 1.29 is 0 Å². The van der Waals surface area contributed by atoms with Gasteiger partial charge in [-0.1, -0.05) is 18.1 Å². The predicted molar refractivity (Wildman–Crippen MR) is 65.1 cm³/mol. The number of H-pyrrole nitrogens is 1. The van der Waals surface area contributed by atoms with Crippen molar-refractivity contribution in [2.75, 3.05) is 0 Å². The molecule has 2 atom stereocenters. The summed E-state index contributed by atoms with van der Waals surface area (Å²) in [5.74, 6) is 1.69. The Morgan fingerprint density at radius 3 is 3.12 bits per heavy atom. The summed E-state index contributed by atoms with van der Waals surface area (Å²) in [6.07, 6.45) is 15.9. The Labute approximate surface area is 97.2 Å². The molecule has 1 saturated carbocycles. The minimum Gasteiger partial charge on any atom is -0.348 e. The SMILES string of the molecule is C1=C2CCCC[C@H]2CC[C@H]1Cc1cnc[nH]1. The number of allylic oxidation sites excluding steroid dienone is 2. The van der Waals surface area contributed by atoms with Gasteiger partial charge < -0.3 is 4.98 Å². The first-order chi connectivity index (χ1) is 7.92. The van der Waals surface area contributed by atoms with Crippen molar-refractivity contribution in [2.24, 2.45) is 11.8 Å². The molecule has 0 aliphatic heterocycles. The smallest absolute Gasteiger partial charge is 0.0921 e. The molecule has 2 heteroatoms. The van der Waals surface area contributed by atoms with E-state index in [1.807, 2.05) is 6.20 Å². The number of hydrogen-bond donors (Lipinski definition) is 1. The fraction of sp³-hybridized carbons (Fsp3) is 0.643. The summed E-state index contributed by atoms with van der Waals surface area (Å²) in [6, 6.07) is 0. The average molecular weight is 216 g/mol. The normalized spacial score (nSPS) is 29.6. The molecule has 0 aromatic carbocycles. The van der Waals surface area contributed by atoms with Crippen LogP contribution in [0, 0.1) is 11.8 Å². The van der Waals surface area contributed by atoms with E-state index in [0.717, 1.165) is 18.3 Å². The zero-order chi connectivity index (χ0) is 10.8. The van der Waals surface area contributed by atoms with Crippen molar-refractivity contribution in [2.45, 2.75) is 44.9 Å². The van der Waals surface area contributed by atoms with Crippen molar-refractivity contribution in [3.8, 4) is 0 Å². The zero-order valence-electron chi connectivity index (χ0n) is 9.78. The third kappa shape index (κ3) is 2.06. The quantitative estimate of drug-likeness (QED) is 0.753. The molecule has 0 bridgehead atoms. The molecule has 86 valence electrons. The van der Waals surface area contributed by atoms with Gasteiger partial charge >= 0.3 is 0 Å². The lowest BCUT2D eigenvalue weighted by Crippen LogP contribution is -2.18. The summed E-state index contributed by atoms with van der Waals surface area (Å²) < 4.78 is 0. The van der Waals surface area contributed by atoms with Gasteiger partial charge in [0.15, 0.2) is 0 Å². The fourth-order valence-corrected chi connectivity index (χ4v) is 3.30. The maximum absolute atomic E-state index is 4.09. The van der Waals surface area contributed by atoms with Crippen molar-refractivity contribution in [3.05, 3.63) is 29.9 Å². The number of hydrogen-bond acceptors (Lipinski definition) is 1. The maximum atomic E-state index is 4.09. The van der Waals surface area contributed by atoms with Crippen LogP contribution in [-0.2, 0) is 6.42 Å². The minimum atomic E-state index is 0.754. The summed E-state index contributed by atoms with van der Waals surface area (Å²) in [7, 11) is 0. The number of aromatic amines is 1. The summed E-state index contributed by atoms with van der Waals surface area (Å²) in [5.41, 5.74) is 3.05. The Hall–Kier alpha value is -1.05. The first-order valence-corrected chi connectivity index (χ1v) is 6.59. The van der Waals surface area contributed by atoms with Gasteiger partial charge in [0.1, 0.15) is 0 Å². The van der Waals surface area contributed by atoms with E-state index in [0.29, 0.717) is 0 Å². The summed E-state index contributed by atoms with van der Waals surface area (Å²) in [5, 5.41) is 0. The molecule has 0 unspecified atom stereocenters. The van der Waals surface area contributed by atoms with Crippen LogP contribution in [0.25, 0.3) is 0 Å². The van der Waals surface area contributed by atoms with Gasteiger partial charge in [-0.25, -0.2) is 4.98 Å². The van der Waals surface area contributed by atoms with Gasteiger partial charge in [0, 0.05) is 11.9 Å². The van der Waals surface area contributed by atoms with Crippen LogP contribution < -0.4 is 0 Å². The molecular formula is C14H20N2. The van der Waals surface area contributed by atoms with E-state index in [2.05, 4.69) is 16.0 Å². The fourth-order valence-electron chi connectivity index (χ4n) is 3.30. The van der Waals surface area contributed by atoms with Crippen LogP contribution in [0.1, 0.15) is 44.2 Å². The van der Waals surface area contributed by atoms with Crippen molar-refractivity contribution in [1.29, 1.82) is 0 Å². The molecule has 2 nitrogen and oxygen atoms in total. The molecule has 1 aromatic heterocycles. The monoisotopic (exact) mass is 216 g/mol. The zero-order valence-corrected chi connectivity index (χ0v) is 9.78. The van der Waals surface area contributed by atoms with E-state index in [9.17, 15) is 0 Å². The van der Waals surface area contributed by atoms with E-state index >= 15 is 0 Å². The lowest BCUT2D eigenvalue weighted by atomic mass is 9.74. The maximum Gasteiger partial charge on any atom is 0.0921 e. The highest BCUT2D eigenvalue weighted by atomic mass is 14.9. The number of aromatic nitrogens is 2. The molecule has 16 heavy (non-hydrogen) atoms. The van der Waals surface area contributed by atoms with Crippen molar-refractivity contribution in [1.82, 2.24) is 9.97 Å². The van der Waals surface area contributed by atoms with Crippen LogP contribution in [0.15, 0.2) is 24.2 Å². The Bertz CT molecular complexity index is 364. The number of imidazole rings is 1. The second-order valence-electron chi connectivity index (χ2n) is 5.30. The Kier molecular flexibility index (Phi) is 2.81. The molecule has 3 rings (SSSR count). The van der Waals surface area contributed by atoms with E-state index < -0.39 is 0 Å². The number of rotatable bonds is 2. The third-order valence-electron chi connectivity index (χ3n) is 4.17. The Morgan fingerprint density at radius 1 is 1.25 bits per heavy atom. The van der Waals surface area contributed by atoms with Gasteiger partial charge in [0.25, 0.3) is 0 Å². The van der Waals surface area contributed by atoms with Crippen LogP contribution >= 0.6 is 0 Å². The molecule has 1 heterocycles. The van der Waals surface area contributed by atoms with Gasteiger partial charge in [-0.2, -0.15) is 0 Å². The van der Waals surface area contributed by atoms with E-state index in [-0.39, 0.29) is 0 Å². The molecule has 0 saturated heterocycles. The average Bonchev–Trinajstić information content (AvgIpc) is 2.82. The summed E-state index contributed by atoms with van der Waals surface area (Å²) in [4.78, 5) is 7.31. The molecule has 0 radical (unpaired) electrons. The van der Waals surface area contributed by atoms with Gasteiger partial charge in [-0.05, 0) is 50.4 Å². The van der Waals surface area contributed by atoms with Crippen molar-refractivity contribution >= 4 is 0 Å². The highest BCUT2D eigenvalue weighted by molar-refractivity contribution is 5.15. The molecule has 1 fully saturated rings. The largest absolute Gasteiger partial charge is 0.348 e. The van der Waals surface area contributed by atoms with Crippen LogP contribution in [0.3, 0.4) is 0 Å². The van der Waals surface area contributed by atoms with Crippen molar-refractivity contribution in [3.63, 3.8) is 0 Å². The van der Waals surface area contributed by atoms with Gasteiger partial charge in [-0.3, -0.25) is 0 Å². The lowest BCUT2D eigenvalue weighted by molar-refractivity contribution is 0.362. The highest BCUT2D eigenvalue weighted by Gasteiger charge is 2.25. The minimum absolute atomic E-state index is 0.754. The molecule has 2 aliphatic rings. The first-order valence-electron chi connectivity index (χ1n) is 6.59. The molecule has 1 aromatic rings. The van der Waals surface area contributed by atoms with Gasteiger partial charge in [0.05, 0.1) is 6.33 Å². The lowest BCUT2D eigenvalue weighted by Gasteiger charge is -2.32. The topological polar surface area (TPSA) is 28.7 Å². The second-order valence-corrected chi connectivity index (χ2v) is 5.30. The molecule has 0 amide bonds. The van der Waals surface area contributed by atoms with E-state index in [1.165, 1.54) is 44.2 Å². The standard InChI is InChI=1S/C14H20N2/c1-2-4-13-7-11(5-6-12(13)3-1)8-14-9-15-10-16-14/h7,9-12H,1-6,8H2,(H,15,16)/t11-,12+/m1/s1. The van der Waals surface area contributed by atoms with E-state index in [1.54, 1.807) is 11.9 Å². The van der Waals surface area contributed by atoms with Crippen LogP contribution in [-0.4, -0.2) is 9.97 Å². The Balaban J connectivity index is 1.69. The van der Waals surface area contributed by atoms with Gasteiger partial charge in [-0.15, -0.1) is 0 Å². The molecule has 1 N–H and O–H groups in total. The Morgan fingerprint density at radius 2 is 2.25 bits per heavy atom. The summed E-state index contributed by atoms with van der Waals surface area (Å²) in [6.45, 7) is 0. The molecular weight excluding hydrogens is 196 g/mol. The number of nitrogens with zero attached hydrogens (tertiary/aromatic N) is 1. The molecule has 0 spiro atoms. The molecule has 2 aliphatic carbocycles. The van der Waals surface area contributed by atoms with Crippen LogP contribution in [0.5, 0.6) is 0 Å². The highest BCUT2D eigenvalue weighted by Crippen LogP contribution is 2.38. The van der Waals surface area contributed by atoms with Crippen LogP contribution in [0.4, 0.5) is 0 Å². The predicted octanol–water partition coefficient (Wildman–Crippen LogP) is 3.48. The van der Waals surface area contributed by atoms with Gasteiger partial charge in [0.2, 0.25) is 0 Å². The summed E-state index contributed by atoms with van der Waals surface area (Å²) >= 11 is 0. The number of fused-ring (bicyclic) bond motifs is 1. The number of nitrogens with one attached hydrogen (secondary N) is 1. The van der Waals surface area contributed by atoms with Crippen LogP contribution in [0.2, 0.25) is 0 Å².